The van der Waals surface area contributed by atoms with Crippen LogP contribution in [0.3, 0.4) is 0 Å². The highest BCUT2D eigenvalue weighted by Gasteiger charge is 2.57. The molecule has 0 radical (unpaired) electrons. The summed E-state index contributed by atoms with van der Waals surface area (Å²) in [6.45, 7) is 5.99. The standard InChI is InChI=1S/C70H76O16/c1-47-58(75-41-51-28-14-6-15-29-51)62(84-67(72)56-38-24-11-25-39-56)65(68(73-4)80-47)86-70-66(82-49(3)71)63(59(48(2)81-70)76-42-52-30-16-7-17-31-52)85-69-64(79-45-55-36-22-10-23-37-55)61(78-44-54-34-20-9-21-35-54)60(77-43-53-32-18-8-19-33-53)57(83-69)46-74-40-50-26-12-5-13-27-50/h5-39,47-48,57-66,68-70H,40-46H2,1-4H3. The lowest BCUT2D eigenvalue weighted by Gasteiger charge is -2.51. The van der Waals surface area contributed by atoms with Gasteiger partial charge >= 0.3 is 11.9 Å². The zero-order valence-electron chi connectivity index (χ0n) is 48.8. The molecule has 0 saturated carbocycles. The maximum absolute atomic E-state index is 14.3. The third-order valence-corrected chi connectivity index (χ3v) is 15.2. The smallest absolute Gasteiger partial charge is 0.338 e. The molecule has 15 unspecified atom stereocenters. The van der Waals surface area contributed by atoms with Gasteiger partial charge in [0.2, 0.25) is 0 Å². The molecule has 15 atom stereocenters. The van der Waals surface area contributed by atoms with Crippen molar-refractivity contribution in [2.45, 2.75) is 153 Å². The van der Waals surface area contributed by atoms with Crippen molar-refractivity contribution in [3.63, 3.8) is 0 Å². The molecule has 16 heteroatoms. The molecule has 7 aromatic rings. The molecule has 0 bridgehead atoms. The minimum absolute atomic E-state index is 0.0388. The van der Waals surface area contributed by atoms with Crippen molar-refractivity contribution in [3.8, 4) is 0 Å². The Hall–Kier alpha value is -7.00. The fourth-order valence-electron chi connectivity index (χ4n) is 10.9. The van der Waals surface area contributed by atoms with Crippen LogP contribution in [-0.4, -0.2) is 118 Å². The molecule has 0 N–H and O–H groups in total. The average Bonchev–Trinajstić information content (AvgIpc) is 1.27. The fraction of sp³-hybridized carbons (Fsp3) is 0.371. The van der Waals surface area contributed by atoms with Crippen molar-refractivity contribution >= 4 is 11.9 Å². The van der Waals surface area contributed by atoms with Gasteiger partial charge in [0.1, 0.15) is 42.7 Å². The lowest BCUT2D eigenvalue weighted by Crippen LogP contribution is -2.67. The predicted octanol–water partition coefficient (Wildman–Crippen LogP) is 10.9. The molecule has 0 amide bonds. The Morgan fingerprint density at radius 2 is 0.721 bits per heavy atom. The molecule has 452 valence electrons. The van der Waals surface area contributed by atoms with Gasteiger partial charge in [-0.05, 0) is 59.4 Å². The van der Waals surface area contributed by atoms with Gasteiger partial charge in [-0.15, -0.1) is 0 Å². The second-order valence-electron chi connectivity index (χ2n) is 21.5. The molecule has 16 nitrogen and oxygen atoms in total. The minimum Gasteiger partial charge on any atom is -0.454 e. The van der Waals surface area contributed by atoms with E-state index in [1.165, 1.54) is 14.0 Å². The van der Waals surface area contributed by atoms with Gasteiger partial charge in [-0.25, -0.2) is 4.79 Å². The number of benzene rings is 7. The summed E-state index contributed by atoms with van der Waals surface area (Å²) in [5, 5.41) is 0. The van der Waals surface area contributed by atoms with Crippen molar-refractivity contribution in [1.29, 1.82) is 0 Å². The topological polar surface area (TPSA) is 163 Å². The first-order valence-electron chi connectivity index (χ1n) is 29.3. The number of esters is 2. The number of hydrogen-bond acceptors (Lipinski definition) is 16. The maximum atomic E-state index is 14.3. The highest BCUT2D eigenvalue weighted by Crippen LogP contribution is 2.39. The van der Waals surface area contributed by atoms with Crippen LogP contribution in [0.1, 0.15) is 64.5 Å². The van der Waals surface area contributed by atoms with Crippen LogP contribution in [0.2, 0.25) is 0 Å². The Morgan fingerprint density at radius 1 is 0.360 bits per heavy atom. The van der Waals surface area contributed by atoms with Crippen LogP contribution in [-0.2, 0) is 111 Å². The molecule has 10 rings (SSSR count). The normalized spacial score (nSPS) is 27.4. The van der Waals surface area contributed by atoms with Crippen LogP contribution in [0.4, 0.5) is 0 Å². The summed E-state index contributed by atoms with van der Waals surface area (Å²) < 4.78 is 95.3. The molecule has 3 heterocycles. The van der Waals surface area contributed by atoms with E-state index in [0.29, 0.717) is 5.56 Å². The summed E-state index contributed by atoms with van der Waals surface area (Å²) in [7, 11) is 1.46. The molecular formula is C70H76O16. The third-order valence-electron chi connectivity index (χ3n) is 15.2. The van der Waals surface area contributed by atoms with E-state index in [1.807, 2.05) is 202 Å². The molecule has 0 spiro atoms. The molecule has 3 aliphatic heterocycles. The Kier molecular flexibility index (Phi) is 22.8. The van der Waals surface area contributed by atoms with Crippen molar-refractivity contribution in [2.24, 2.45) is 0 Å². The zero-order chi connectivity index (χ0) is 59.5. The van der Waals surface area contributed by atoms with E-state index in [2.05, 4.69) is 0 Å². The SMILES string of the molecule is COC1OC(C)C(OCc2ccccc2)C(OC(=O)c2ccccc2)C1OC1OC(C)C(OCc2ccccc2)C(OC2OC(COCc3ccccc3)C(OCc3ccccc3)C(OCc3ccccc3)C2OCc2ccccc2)C1OC(C)=O. The van der Waals surface area contributed by atoms with E-state index in [-0.39, 0.29) is 46.2 Å². The first kappa shape index (κ1) is 62.1. The number of carbonyl (C=O) groups excluding carboxylic acids is 2. The molecule has 7 aromatic carbocycles. The predicted molar refractivity (Wildman–Crippen MR) is 316 cm³/mol. The lowest BCUT2D eigenvalue weighted by molar-refractivity contribution is -0.389. The first-order valence-corrected chi connectivity index (χ1v) is 29.3. The van der Waals surface area contributed by atoms with Gasteiger partial charge in [-0.2, -0.15) is 0 Å². The van der Waals surface area contributed by atoms with Crippen LogP contribution in [0, 0.1) is 0 Å². The highest BCUT2D eigenvalue weighted by atomic mass is 16.8. The van der Waals surface area contributed by atoms with Crippen molar-refractivity contribution in [3.05, 3.63) is 251 Å². The molecule has 0 aliphatic carbocycles. The van der Waals surface area contributed by atoms with E-state index >= 15 is 0 Å². The van der Waals surface area contributed by atoms with Gasteiger partial charge in [0.05, 0.1) is 64.0 Å². The number of methoxy groups -OCH3 is 1. The van der Waals surface area contributed by atoms with E-state index in [1.54, 1.807) is 24.3 Å². The number of ether oxygens (including phenoxy) is 14. The van der Waals surface area contributed by atoms with Gasteiger partial charge in [-0.3, -0.25) is 4.79 Å². The van der Waals surface area contributed by atoms with Crippen LogP contribution in [0.15, 0.2) is 212 Å². The minimum atomic E-state index is -1.47. The van der Waals surface area contributed by atoms with E-state index in [0.717, 1.165) is 33.4 Å². The maximum Gasteiger partial charge on any atom is 0.338 e. The van der Waals surface area contributed by atoms with Crippen LogP contribution in [0.5, 0.6) is 0 Å². The van der Waals surface area contributed by atoms with E-state index < -0.39 is 104 Å². The van der Waals surface area contributed by atoms with Crippen molar-refractivity contribution < 1.29 is 75.9 Å². The summed E-state index contributed by atoms with van der Waals surface area (Å²) in [6.07, 6.45) is -16.0. The number of rotatable bonds is 27. The molecular weight excluding hydrogens is 1100 g/mol. The summed E-state index contributed by atoms with van der Waals surface area (Å²) in [5.41, 5.74) is 5.73. The quantitative estimate of drug-likeness (QED) is 0.0446. The molecule has 3 fully saturated rings. The summed E-state index contributed by atoms with van der Waals surface area (Å²) in [6, 6.07) is 67.3. The third kappa shape index (κ3) is 16.9. The Labute approximate surface area is 503 Å². The van der Waals surface area contributed by atoms with Crippen LogP contribution >= 0.6 is 0 Å². The van der Waals surface area contributed by atoms with Crippen molar-refractivity contribution in [2.75, 3.05) is 13.7 Å². The Bertz CT molecular complexity index is 3080. The Morgan fingerprint density at radius 3 is 1.16 bits per heavy atom. The monoisotopic (exact) mass is 1170 g/mol. The van der Waals surface area contributed by atoms with Gasteiger partial charge in [0.15, 0.2) is 37.2 Å². The van der Waals surface area contributed by atoms with Crippen LogP contribution in [0.25, 0.3) is 0 Å². The molecule has 0 aromatic heterocycles. The van der Waals surface area contributed by atoms with Gasteiger partial charge in [0, 0.05) is 14.0 Å². The van der Waals surface area contributed by atoms with E-state index in [4.69, 9.17) is 66.3 Å². The summed E-state index contributed by atoms with van der Waals surface area (Å²) >= 11 is 0. The highest BCUT2D eigenvalue weighted by molar-refractivity contribution is 5.89. The largest absolute Gasteiger partial charge is 0.454 e. The van der Waals surface area contributed by atoms with Gasteiger partial charge in [0.25, 0.3) is 0 Å². The first-order chi connectivity index (χ1) is 42.2. The number of hydrogen-bond donors (Lipinski definition) is 0. The summed E-state index contributed by atoms with van der Waals surface area (Å²) in [5.74, 6) is -1.32. The number of carbonyl (C=O) groups is 2. The molecule has 86 heavy (non-hydrogen) atoms. The fourth-order valence-corrected chi connectivity index (χ4v) is 10.9. The van der Waals surface area contributed by atoms with Gasteiger partial charge in [-0.1, -0.05) is 200 Å². The summed E-state index contributed by atoms with van der Waals surface area (Å²) in [4.78, 5) is 28.1. The second-order valence-corrected chi connectivity index (χ2v) is 21.5. The second kappa shape index (κ2) is 31.6. The Balaban J connectivity index is 1.05. The van der Waals surface area contributed by atoms with E-state index in [9.17, 15) is 9.59 Å². The average molecular weight is 1170 g/mol. The molecule has 3 saturated heterocycles. The van der Waals surface area contributed by atoms with Crippen molar-refractivity contribution in [1.82, 2.24) is 0 Å². The zero-order valence-corrected chi connectivity index (χ0v) is 48.8. The lowest BCUT2D eigenvalue weighted by atomic mass is 9.95. The van der Waals surface area contributed by atoms with Gasteiger partial charge < -0.3 is 66.3 Å². The molecule has 3 aliphatic rings. The van der Waals surface area contributed by atoms with Crippen LogP contribution < -0.4 is 0 Å².